The van der Waals surface area contributed by atoms with Gasteiger partial charge in [-0.2, -0.15) is 10.1 Å². The Balaban J connectivity index is 1.84. The molecule has 1 atom stereocenters. The van der Waals surface area contributed by atoms with Crippen molar-refractivity contribution in [1.82, 2.24) is 4.98 Å². The molecule has 4 nitrogen and oxygen atoms in total. The lowest BCUT2D eigenvalue weighted by Gasteiger charge is -2.30. The number of nitrogens with zero attached hydrogens (tertiary/aromatic N) is 3. The molecule has 3 aromatic rings. The number of hydrogen-bond acceptors (Lipinski definition) is 5. The summed E-state index contributed by atoms with van der Waals surface area (Å²) in [5, 5.41) is 6.43. The van der Waals surface area contributed by atoms with Crippen molar-refractivity contribution in [2.75, 3.05) is 5.01 Å². The summed E-state index contributed by atoms with van der Waals surface area (Å²) in [6.07, 6.45) is 2.96. The van der Waals surface area contributed by atoms with Gasteiger partial charge in [0.1, 0.15) is 27.8 Å². The van der Waals surface area contributed by atoms with Crippen LogP contribution in [0, 0.1) is 11.6 Å². The molecule has 25 heavy (non-hydrogen) atoms. The number of hydrogen-bond donors (Lipinski definition) is 0. The predicted octanol–water partition coefficient (Wildman–Crippen LogP) is 4.74. The third-order valence-corrected chi connectivity index (χ3v) is 5.26. The van der Waals surface area contributed by atoms with E-state index in [4.69, 9.17) is 4.42 Å². The van der Waals surface area contributed by atoms with Crippen molar-refractivity contribution >= 4 is 22.8 Å². The Hall–Kier alpha value is -2.67. The summed E-state index contributed by atoms with van der Waals surface area (Å²) < 4.78 is 33.2. The van der Waals surface area contributed by atoms with E-state index >= 15 is 0 Å². The Bertz CT molecular complexity index is 931. The van der Waals surface area contributed by atoms with Gasteiger partial charge >= 0.3 is 6.01 Å². The van der Waals surface area contributed by atoms with Crippen molar-refractivity contribution < 1.29 is 13.2 Å². The van der Waals surface area contributed by atoms with E-state index in [1.54, 1.807) is 5.01 Å². The zero-order valence-electron chi connectivity index (χ0n) is 13.2. The van der Waals surface area contributed by atoms with Gasteiger partial charge in [-0.3, -0.25) is 0 Å². The van der Waals surface area contributed by atoms with Gasteiger partial charge in [0.2, 0.25) is 0 Å². The molecule has 0 bridgehead atoms. The highest BCUT2D eigenvalue weighted by Crippen LogP contribution is 2.48. The molecule has 0 saturated heterocycles. The number of aromatic nitrogens is 1. The van der Waals surface area contributed by atoms with E-state index in [9.17, 15) is 8.78 Å². The van der Waals surface area contributed by atoms with Crippen LogP contribution in [-0.4, -0.2) is 10.0 Å². The molecule has 2 aromatic carbocycles. The van der Waals surface area contributed by atoms with Gasteiger partial charge in [-0.25, -0.2) is 13.8 Å². The van der Waals surface area contributed by atoms with Crippen LogP contribution in [0.4, 0.5) is 14.8 Å². The van der Waals surface area contributed by atoms with Crippen LogP contribution in [0.25, 0.3) is 0 Å². The van der Waals surface area contributed by atoms with Crippen LogP contribution in [-0.2, 0) is 4.87 Å². The lowest BCUT2D eigenvalue weighted by atomic mass is 10.1. The van der Waals surface area contributed by atoms with Crippen molar-refractivity contribution in [2.45, 2.75) is 11.8 Å². The minimum absolute atomic E-state index is 0.112. The van der Waals surface area contributed by atoms with Crippen LogP contribution in [0.2, 0.25) is 0 Å². The minimum Gasteiger partial charge on any atom is -0.431 e. The highest BCUT2D eigenvalue weighted by Gasteiger charge is 2.44. The number of halogens is 2. The summed E-state index contributed by atoms with van der Waals surface area (Å²) in [5.41, 5.74) is 1.05. The summed E-state index contributed by atoms with van der Waals surface area (Å²) in [6, 6.07) is 13.2. The average molecular weight is 357 g/mol. The SMILES string of the molecule is CC1(c2ccccc2)SC(c2cc(F)ccc2F)=NN1c1ncco1. The van der Waals surface area contributed by atoms with E-state index in [-0.39, 0.29) is 11.6 Å². The van der Waals surface area contributed by atoms with Gasteiger partial charge in [-0.05, 0) is 30.7 Å². The fraction of sp³-hybridized carbons (Fsp3) is 0.111. The lowest BCUT2D eigenvalue weighted by molar-refractivity contribution is 0.502. The molecule has 2 heterocycles. The highest BCUT2D eigenvalue weighted by atomic mass is 32.2. The lowest BCUT2D eigenvalue weighted by Crippen LogP contribution is -2.34. The molecule has 126 valence electrons. The second-order valence-electron chi connectivity index (χ2n) is 5.61. The van der Waals surface area contributed by atoms with Crippen LogP contribution >= 0.6 is 11.8 Å². The number of oxazole rings is 1. The average Bonchev–Trinajstić information content (AvgIpc) is 3.26. The Labute approximate surface area is 147 Å². The first kappa shape index (κ1) is 15.8. The molecule has 0 amide bonds. The van der Waals surface area contributed by atoms with Gasteiger partial charge < -0.3 is 4.42 Å². The maximum absolute atomic E-state index is 14.2. The summed E-state index contributed by atoms with van der Waals surface area (Å²) in [4.78, 5) is 3.45. The maximum Gasteiger partial charge on any atom is 0.319 e. The summed E-state index contributed by atoms with van der Waals surface area (Å²) >= 11 is 1.32. The van der Waals surface area contributed by atoms with Crippen molar-refractivity contribution in [3.8, 4) is 0 Å². The number of hydrazone groups is 1. The van der Waals surface area contributed by atoms with E-state index in [0.717, 1.165) is 23.8 Å². The molecule has 0 N–H and O–H groups in total. The topological polar surface area (TPSA) is 41.6 Å². The van der Waals surface area contributed by atoms with Gasteiger partial charge in [0, 0.05) is 5.56 Å². The van der Waals surface area contributed by atoms with E-state index in [1.165, 1.54) is 24.2 Å². The molecule has 1 unspecified atom stereocenters. The van der Waals surface area contributed by atoms with Gasteiger partial charge in [0.25, 0.3) is 0 Å². The fourth-order valence-electron chi connectivity index (χ4n) is 2.68. The molecular weight excluding hydrogens is 344 g/mol. The molecular formula is C18H13F2N3OS. The first-order chi connectivity index (χ1) is 12.1. The highest BCUT2D eigenvalue weighted by molar-refractivity contribution is 8.15. The third-order valence-electron chi connectivity index (χ3n) is 3.96. The van der Waals surface area contributed by atoms with Crippen LogP contribution in [0.3, 0.4) is 0 Å². The molecule has 0 saturated carbocycles. The molecule has 0 aliphatic carbocycles. The molecule has 0 spiro atoms. The number of benzene rings is 2. The van der Waals surface area contributed by atoms with Gasteiger partial charge in [0.05, 0.1) is 6.20 Å². The Kier molecular flexibility index (Phi) is 3.80. The van der Waals surface area contributed by atoms with Gasteiger partial charge in [-0.15, -0.1) is 0 Å². The van der Waals surface area contributed by atoms with E-state index in [0.29, 0.717) is 5.04 Å². The summed E-state index contributed by atoms with van der Waals surface area (Å²) in [7, 11) is 0. The van der Waals surface area contributed by atoms with Crippen molar-refractivity contribution in [1.29, 1.82) is 0 Å². The van der Waals surface area contributed by atoms with Crippen LogP contribution in [0.5, 0.6) is 0 Å². The van der Waals surface area contributed by atoms with Crippen LogP contribution < -0.4 is 5.01 Å². The van der Waals surface area contributed by atoms with E-state index in [2.05, 4.69) is 10.1 Å². The molecule has 7 heteroatoms. The molecule has 0 radical (unpaired) electrons. The van der Waals surface area contributed by atoms with Gasteiger partial charge in [-0.1, -0.05) is 42.1 Å². The number of rotatable bonds is 3. The molecule has 1 aromatic heterocycles. The van der Waals surface area contributed by atoms with Gasteiger partial charge in [0.15, 0.2) is 0 Å². The van der Waals surface area contributed by atoms with Crippen molar-refractivity contribution in [2.24, 2.45) is 5.10 Å². The number of thioether (sulfide) groups is 1. The van der Waals surface area contributed by atoms with Crippen LogP contribution in [0.1, 0.15) is 18.1 Å². The smallest absolute Gasteiger partial charge is 0.319 e. The fourth-order valence-corrected chi connectivity index (χ4v) is 3.91. The number of anilines is 1. The first-order valence-electron chi connectivity index (χ1n) is 7.56. The Morgan fingerprint density at radius 1 is 1.12 bits per heavy atom. The Morgan fingerprint density at radius 3 is 2.64 bits per heavy atom. The largest absolute Gasteiger partial charge is 0.431 e. The quantitative estimate of drug-likeness (QED) is 0.679. The maximum atomic E-state index is 14.2. The minimum atomic E-state index is -0.708. The predicted molar refractivity (Wildman–Crippen MR) is 93.3 cm³/mol. The molecule has 1 aliphatic heterocycles. The first-order valence-corrected chi connectivity index (χ1v) is 8.38. The zero-order valence-corrected chi connectivity index (χ0v) is 14.0. The standard InChI is InChI=1S/C18H13F2N3OS/c1-18(12-5-3-2-4-6-12)23(17-21-9-10-24-17)22-16(25-18)14-11-13(19)7-8-15(14)20/h2-11H,1H3. The van der Waals surface area contributed by atoms with Crippen LogP contribution in [0.15, 0.2) is 70.5 Å². The third kappa shape index (κ3) is 2.70. The summed E-state index contributed by atoms with van der Waals surface area (Å²) in [5.74, 6) is -1.05. The zero-order chi connectivity index (χ0) is 17.4. The van der Waals surface area contributed by atoms with E-state index in [1.807, 2.05) is 37.3 Å². The van der Waals surface area contributed by atoms with Crippen molar-refractivity contribution in [3.63, 3.8) is 0 Å². The normalized spacial score (nSPS) is 20.0. The Morgan fingerprint density at radius 2 is 1.92 bits per heavy atom. The molecule has 0 fully saturated rings. The monoisotopic (exact) mass is 357 g/mol. The van der Waals surface area contributed by atoms with E-state index < -0.39 is 16.5 Å². The molecule has 4 rings (SSSR count). The summed E-state index contributed by atoms with van der Waals surface area (Å²) in [6.45, 7) is 1.94. The second-order valence-corrected chi connectivity index (χ2v) is 6.99. The molecule has 1 aliphatic rings. The second kappa shape index (κ2) is 6.00. The van der Waals surface area contributed by atoms with Crippen molar-refractivity contribution in [3.05, 3.63) is 83.8 Å².